The second-order valence-corrected chi connectivity index (χ2v) is 4.64. The number of nitrogens with one attached hydrogen (secondary N) is 1. The van der Waals surface area contributed by atoms with Crippen molar-refractivity contribution in [1.29, 1.82) is 0 Å². The molecule has 1 aromatic rings. The molecule has 8 nitrogen and oxygen atoms in total. The van der Waals surface area contributed by atoms with Gasteiger partial charge >= 0.3 is 5.97 Å². The fourth-order valence-electron chi connectivity index (χ4n) is 2.05. The molecule has 0 aliphatic carbocycles. The van der Waals surface area contributed by atoms with Crippen molar-refractivity contribution in [2.45, 2.75) is 12.0 Å². The van der Waals surface area contributed by atoms with E-state index in [2.05, 4.69) is 5.32 Å². The summed E-state index contributed by atoms with van der Waals surface area (Å²) in [5, 5.41) is 32.8. The van der Waals surface area contributed by atoms with Gasteiger partial charge in [0.2, 0.25) is 0 Å². The SMILES string of the molecule is O=C(O)c1cccc([N+](=O)[O-])c1NCC1(O)CCOC1. The molecule has 1 fully saturated rings. The summed E-state index contributed by atoms with van der Waals surface area (Å²) >= 11 is 0. The highest BCUT2D eigenvalue weighted by Gasteiger charge is 2.33. The molecule has 1 aliphatic heterocycles. The maximum atomic E-state index is 11.1. The first-order valence-electron chi connectivity index (χ1n) is 5.98. The van der Waals surface area contributed by atoms with E-state index >= 15 is 0 Å². The predicted octanol–water partition coefficient (Wildman–Crippen LogP) is 0.856. The van der Waals surface area contributed by atoms with Crippen LogP contribution in [0.15, 0.2) is 18.2 Å². The number of aromatic carboxylic acids is 1. The summed E-state index contributed by atoms with van der Waals surface area (Å²) in [6.07, 6.45) is 0.392. The topological polar surface area (TPSA) is 122 Å². The summed E-state index contributed by atoms with van der Waals surface area (Å²) < 4.78 is 5.06. The molecule has 108 valence electrons. The van der Waals surface area contributed by atoms with Crippen molar-refractivity contribution in [3.8, 4) is 0 Å². The monoisotopic (exact) mass is 282 g/mol. The minimum absolute atomic E-state index is 0.0157. The van der Waals surface area contributed by atoms with Gasteiger partial charge in [0.25, 0.3) is 5.69 Å². The maximum Gasteiger partial charge on any atom is 0.338 e. The van der Waals surface area contributed by atoms with Crippen molar-refractivity contribution in [2.75, 3.05) is 25.1 Å². The minimum atomic E-state index is -1.27. The molecule has 0 amide bonds. The second kappa shape index (κ2) is 5.43. The number of benzene rings is 1. The van der Waals surface area contributed by atoms with E-state index in [0.29, 0.717) is 13.0 Å². The van der Waals surface area contributed by atoms with Gasteiger partial charge in [-0.2, -0.15) is 0 Å². The van der Waals surface area contributed by atoms with Crippen molar-refractivity contribution >= 4 is 17.3 Å². The van der Waals surface area contributed by atoms with Crippen LogP contribution in [0.4, 0.5) is 11.4 Å². The number of nitro groups is 1. The molecule has 1 aliphatic rings. The molecule has 20 heavy (non-hydrogen) atoms. The molecule has 0 radical (unpaired) electrons. The van der Waals surface area contributed by atoms with E-state index < -0.39 is 16.5 Å². The standard InChI is InChI=1S/C12H14N2O6/c15-11(16)8-2-1-3-9(14(18)19)10(8)13-6-12(17)4-5-20-7-12/h1-3,13,17H,4-7H2,(H,15,16). The normalized spacial score (nSPS) is 21.6. The van der Waals surface area contributed by atoms with Gasteiger partial charge < -0.3 is 20.3 Å². The number of hydrogen-bond acceptors (Lipinski definition) is 6. The van der Waals surface area contributed by atoms with E-state index in [9.17, 15) is 20.0 Å². The Hall–Kier alpha value is -2.19. The smallest absolute Gasteiger partial charge is 0.338 e. The molecule has 0 bridgehead atoms. The number of carbonyl (C=O) groups is 1. The van der Waals surface area contributed by atoms with Gasteiger partial charge in [0.15, 0.2) is 0 Å². The first-order valence-corrected chi connectivity index (χ1v) is 5.98. The number of hydrogen-bond donors (Lipinski definition) is 3. The van der Waals surface area contributed by atoms with Crippen molar-refractivity contribution in [1.82, 2.24) is 0 Å². The zero-order valence-electron chi connectivity index (χ0n) is 10.5. The van der Waals surface area contributed by atoms with E-state index in [1.165, 1.54) is 18.2 Å². The van der Waals surface area contributed by atoms with Gasteiger partial charge in [0, 0.05) is 25.6 Å². The van der Waals surface area contributed by atoms with Crippen molar-refractivity contribution in [2.24, 2.45) is 0 Å². The van der Waals surface area contributed by atoms with E-state index in [-0.39, 0.29) is 30.1 Å². The van der Waals surface area contributed by atoms with Gasteiger partial charge in [-0.1, -0.05) is 6.07 Å². The number of anilines is 1. The molecule has 1 unspecified atom stereocenters. The molecule has 2 rings (SSSR count). The first-order chi connectivity index (χ1) is 9.43. The fourth-order valence-corrected chi connectivity index (χ4v) is 2.05. The number of ether oxygens (including phenoxy) is 1. The van der Waals surface area contributed by atoms with Crippen LogP contribution >= 0.6 is 0 Å². The fraction of sp³-hybridized carbons (Fsp3) is 0.417. The Labute approximate surface area is 114 Å². The Bertz CT molecular complexity index is 506. The molecular formula is C12H14N2O6. The summed E-state index contributed by atoms with van der Waals surface area (Å²) in [7, 11) is 0. The van der Waals surface area contributed by atoms with Crippen LogP contribution in [0.2, 0.25) is 0 Å². The summed E-state index contributed by atoms with van der Waals surface area (Å²) in [6.45, 7) is 0.502. The van der Waals surface area contributed by atoms with Crippen LogP contribution in [0.25, 0.3) is 0 Å². The van der Waals surface area contributed by atoms with Crippen LogP contribution in [0, 0.1) is 10.1 Å². The molecule has 0 spiro atoms. The predicted molar refractivity (Wildman–Crippen MR) is 68.9 cm³/mol. The lowest BCUT2D eigenvalue weighted by atomic mass is 10.0. The number of carboxylic acids is 1. The molecule has 1 atom stereocenters. The average molecular weight is 282 g/mol. The van der Waals surface area contributed by atoms with Crippen LogP contribution in [0.1, 0.15) is 16.8 Å². The van der Waals surface area contributed by atoms with Gasteiger partial charge in [-0.05, 0) is 6.07 Å². The lowest BCUT2D eigenvalue weighted by molar-refractivity contribution is -0.384. The lowest BCUT2D eigenvalue weighted by Gasteiger charge is -2.21. The number of para-hydroxylation sites is 1. The van der Waals surface area contributed by atoms with Crippen molar-refractivity contribution in [3.05, 3.63) is 33.9 Å². The van der Waals surface area contributed by atoms with Crippen LogP contribution in [0.5, 0.6) is 0 Å². The average Bonchev–Trinajstić information content (AvgIpc) is 2.83. The van der Waals surface area contributed by atoms with E-state index in [0.717, 1.165) is 0 Å². The number of carboxylic acid groups (broad SMARTS) is 1. The quantitative estimate of drug-likeness (QED) is 0.540. The highest BCUT2D eigenvalue weighted by atomic mass is 16.6. The first kappa shape index (κ1) is 14.2. The third kappa shape index (κ3) is 2.86. The Balaban J connectivity index is 2.28. The largest absolute Gasteiger partial charge is 0.478 e. The zero-order chi connectivity index (χ0) is 14.8. The van der Waals surface area contributed by atoms with Gasteiger partial charge in [-0.15, -0.1) is 0 Å². The Morgan fingerprint density at radius 1 is 1.55 bits per heavy atom. The second-order valence-electron chi connectivity index (χ2n) is 4.64. The van der Waals surface area contributed by atoms with Gasteiger partial charge in [0.05, 0.1) is 17.1 Å². The zero-order valence-corrected chi connectivity index (χ0v) is 10.5. The van der Waals surface area contributed by atoms with Crippen LogP contribution in [0.3, 0.4) is 0 Å². The Kier molecular flexibility index (Phi) is 3.86. The lowest BCUT2D eigenvalue weighted by Crippen LogP contribution is -2.37. The highest BCUT2D eigenvalue weighted by molar-refractivity contribution is 5.96. The summed E-state index contributed by atoms with van der Waals surface area (Å²) in [5.74, 6) is -1.27. The van der Waals surface area contributed by atoms with Crippen LogP contribution < -0.4 is 5.32 Å². The van der Waals surface area contributed by atoms with Gasteiger partial charge in [0.1, 0.15) is 11.3 Å². The molecule has 1 aromatic carbocycles. The molecule has 3 N–H and O–H groups in total. The van der Waals surface area contributed by atoms with Crippen LogP contribution in [-0.4, -0.2) is 46.5 Å². The van der Waals surface area contributed by atoms with E-state index in [4.69, 9.17) is 9.84 Å². The number of aliphatic hydroxyl groups is 1. The molecule has 8 heteroatoms. The third-order valence-corrected chi connectivity index (χ3v) is 3.15. The summed E-state index contributed by atoms with van der Waals surface area (Å²) in [4.78, 5) is 21.4. The molecule has 0 aromatic heterocycles. The van der Waals surface area contributed by atoms with Crippen LogP contribution in [-0.2, 0) is 4.74 Å². The van der Waals surface area contributed by atoms with Gasteiger partial charge in [-0.3, -0.25) is 10.1 Å². The van der Waals surface area contributed by atoms with Crippen molar-refractivity contribution < 1.29 is 24.7 Å². The summed E-state index contributed by atoms with van der Waals surface area (Å²) in [6, 6.07) is 3.79. The molecule has 0 saturated carbocycles. The summed E-state index contributed by atoms with van der Waals surface area (Å²) in [5.41, 5.74) is -1.79. The number of nitrogens with zero attached hydrogens (tertiary/aromatic N) is 1. The van der Waals surface area contributed by atoms with Gasteiger partial charge in [-0.25, -0.2) is 4.79 Å². The molecule has 1 saturated heterocycles. The number of rotatable bonds is 5. The molecule has 1 heterocycles. The van der Waals surface area contributed by atoms with E-state index in [1.807, 2.05) is 0 Å². The molecular weight excluding hydrogens is 268 g/mol. The Morgan fingerprint density at radius 2 is 2.30 bits per heavy atom. The van der Waals surface area contributed by atoms with E-state index in [1.54, 1.807) is 0 Å². The minimum Gasteiger partial charge on any atom is -0.478 e. The third-order valence-electron chi connectivity index (χ3n) is 3.15. The highest BCUT2D eigenvalue weighted by Crippen LogP contribution is 2.29. The van der Waals surface area contributed by atoms with Crippen molar-refractivity contribution in [3.63, 3.8) is 0 Å². The number of nitro benzene ring substituents is 1. The maximum absolute atomic E-state index is 11.1. The Morgan fingerprint density at radius 3 is 2.85 bits per heavy atom.